The number of nitrogens with one attached hydrogen (secondary N) is 1. The molecule has 0 saturated carbocycles. The number of halogens is 1. The second kappa shape index (κ2) is 5.16. The molecule has 1 rings (SSSR count). The van der Waals surface area contributed by atoms with Crippen LogP contribution in [0.15, 0.2) is 18.2 Å². The smallest absolute Gasteiger partial charge is 0.210 e. The van der Waals surface area contributed by atoms with Crippen LogP contribution in [0, 0.1) is 11.3 Å². The molecular formula is C9H10ClN3O2S. The number of hydrogen-bond donors (Lipinski definition) is 2. The first-order chi connectivity index (χ1) is 7.44. The lowest BCUT2D eigenvalue weighted by Gasteiger charge is -2.07. The van der Waals surface area contributed by atoms with Crippen LogP contribution in [0.2, 0.25) is 5.02 Å². The molecule has 0 amide bonds. The van der Waals surface area contributed by atoms with E-state index in [1.807, 2.05) is 6.07 Å². The number of nitrogens with zero attached hydrogens (tertiary/aromatic N) is 1. The summed E-state index contributed by atoms with van der Waals surface area (Å²) in [5.41, 5.74) is 0.789. The maximum atomic E-state index is 10.7. The highest BCUT2D eigenvalue weighted by Crippen LogP contribution is 2.22. The third-order valence-corrected chi connectivity index (χ3v) is 2.92. The average Bonchev–Trinajstić information content (AvgIpc) is 2.16. The highest BCUT2D eigenvalue weighted by Gasteiger charge is 2.07. The summed E-state index contributed by atoms with van der Waals surface area (Å²) in [6.07, 6.45) is 0. The number of sulfonamides is 1. The van der Waals surface area contributed by atoms with Gasteiger partial charge >= 0.3 is 0 Å². The predicted molar refractivity (Wildman–Crippen MR) is 62.6 cm³/mol. The van der Waals surface area contributed by atoms with Crippen LogP contribution < -0.4 is 10.5 Å². The van der Waals surface area contributed by atoms with Crippen molar-refractivity contribution in [1.29, 1.82) is 5.26 Å². The molecule has 1 aromatic rings. The summed E-state index contributed by atoms with van der Waals surface area (Å²) in [6.45, 7) is 0.133. The van der Waals surface area contributed by atoms with Gasteiger partial charge in [0.05, 0.1) is 22.0 Å². The minimum absolute atomic E-state index is 0.133. The topological polar surface area (TPSA) is 96.0 Å². The van der Waals surface area contributed by atoms with E-state index in [1.54, 1.807) is 18.2 Å². The zero-order valence-corrected chi connectivity index (χ0v) is 9.85. The quantitative estimate of drug-likeness (QED) is 0.840. The van der Waals surface area contributed by atoms with E-state index in [-0.39, 0.29) is 12.3 Å². The van der Waals surface area contributed by atoms with Crippen molar-refractivity contribution >= 4 is 27.3 Å². The van der Waals surface area contributed by atoms with Gasteiger partial charge in [0.15, 0.2) is 0 Å². The molecule has 0 atom stereocenters. The van der Waals surface area contributed by atoms with E-state index < -0.39 is 10.0 Å². The third-order valence-electron chi connectivity index (χ3n) is 1.83. The van der Waals surface area contributed by atoms with Gasteiger partial charge in [0.2, 0.25) is 10.0 Å². The van der Waals surface area contributed by atoms with Gasteiger partial charge in [0, 0.05) is 6.54 Å². The summed E-state index contributed by atoms with van der Waals surface area (Å²) in [7, 11) is -3.50. The SMILES string of the molecule is N#Cc1c(Cl)cccc1NCCS(N)(=O)=O. The lowest BCUT2D eigenvalue weighted by molar-refractivity contribution is 0.598. The second-order valence-electron chi connectivity index (χ2n) is 3.07. The van der Waals surface area contributed by atoms with Crippen LogP contribution in [-0.2, 0) is 10.0 Å². The van der Waals surface area contributed by atoms with Crippen LogP contribution in [0.3, 0.4) is 0 Å². The number of primary sulfonamides is 1. The highest BCUT2D eigenvalue weighted by molar-refractivity contribution is 7.89. The molecule has 5 nitrogen and oxygen atoms in total. The van der Waals surface area contributed by atoms with Crippen LogP contribution in [-0.4, -0.2) is 20.7 Å². The molecule has 0 aliphatic heterocycles. The number of rotatable bonds is 4. The van der Waals surface area contributed by atoms with E-state index in [9.17, 15) is 8.42 Å². The molecule has 0 spiro atoms. The Labute approximate surface area is 98.9 Å². The standard InChI is InChI=1S/C9H10ClN3O2S/c10-8-2-1-3-9(7(8)6-11)13-4-5-16(12,14)15/h1-3,13H,4-5H2,(H2,12,14,15). The van der Waals surface area contributed by atoms with Crippen LogP contribution >= 0.6 is 11.6 Å². The van der Waals surface area contributed by atoms with Crippen molar-refractivity contribution in [2.45, 2.75) is 0 Å². The molecule has 3 N–H and O–H groups in total. The summed E-state index contributed by atoms with van der Waals surface area (Å²) in [5.74, 6) is -0.204. The van der Waals surface area contributed by atoms with Gasteiger partial charge in [-0.15, -0.1) is 0 Å². The number of nitriles is 1. The maximum Gasteiger partial charge on any atom is 0.210 e. The molecule has 86 valence electrons. The molecule has 0 saturated heterocycles. The van der Waals surface area contributed by atoms with Gasteiger partial charge in [-0.3, -0.25) is 0 Å². The van der Waals surface area contributed by atoms with Crippen molar-refractivity contribution in [3.8, 4) is 6.07 Å². The van der Waals surface area contributed by atoms with Crippen molar-refractivity contribution < 1.29 is 8.42 Å². The van der Waals surface area contributed by atoms with Gasteiger partial charge in [-0.2, -0.15) is 5.26 Å². The molecule has 0 aliphatic carbocycles. The van der Waals surface area contributed by atoms with Crippen LogP contribution in [0.1, 0.15) is 5.56 Å². The maximum absolute atomic E-state index is 10.7. The van der Waals surface area contributed by atoms with Gasteiger partial charge in [-0.25, -0.2) is 13.6 Å². The monoisotopic (exact) mass is 259 g/mol. The number of nitrogens with two attached hydrogens (primary N) is 1. The summed E-state index contributed by atoms with van der Waals surface area (Å²) >= 11 is 5.79. The van der Waals surface area contributed by atoms with Crippen LogP contribution in [0.5, 0.6) is 0 Å². The zero-order chi connectivity index (χ0) is 12.2. The normalized spacial score (nSPS) is 10.8. The van der Waals surface area contributed by atoms with E-state index in [1.165, 1.54) is 0 Å². The van der Waals surface area contributed by atoms with E-state index in [0.29, 0.717) is 16.3 Å². The first kappa shape index (κ1) is 12.8. The molecule has 0 unspecified atom stereocenters. The van der Waals surface area contributed by atoms with Gasteiger partial charge in [0.25, 0.3) is 0 Å². The molecule has 0 aromatic heterocycles. The fraction of sp³-hybridized carbons (Fsp3) is 0.222. The van der Waals surface area contributed by atoms with Gasteiger partial charge < -0.3 is 5.32 Å². The molecule has 16 heavy (non-hydrogen) atoms. The lowest BCUT2D eigenvalue weighted by atomic mass is 10.2. The Morgan fingerprint density at radius 2 is 2.19 bits per heavy atom. The Kier molecular flexibility index (Phi) is 4.12. The summed E-state index contributed by atoms with van der Waals surface area (Å²) in [5, 5.41) is 16.8. The van der Waals surface area contributed by atoms with Gasteiger partial charge in [-0.1, -0.05) is 17.7 Å². The zero-order valence-electron chi connectivity index (χ0n) is 8.27. The fourth-order valence-corrected chi connectivity index (χ4v) is 1.72. The molecule has 0 radical (unpaired) electrons. The molecule has 0 fully saturated rings. The minimum Gasteiger partial charge on any atom is -0.383 e. The lowest BCUT2D eigenvalue weighted by Crippen LogP contribution is -2.22. The summed E-state index contributed by atoms with van der Waals surface area (Å²) in [6, 6.07) is 6.84. The number of hydrogen-bond acceptors (Lipinski definition) is 4. The van der Waals surface area contributed by atoms with E-state index in [4.69, 9.17) is 22.0 Å². The van der Waals surface area contributed by atoms with Gasteiger partial charge in [0.1, 0.15) is 6.07 Å². The van der Waals surface area contributed by atoms with Crippen molar-refractivity contribution in [2.24, 2.45) is 5.14 Å². The first-order valence-corrected chi connectivity index (χ1v) is 6.46. The Balaban J connectivity index is 2.76. The third kappa shape index (κ3) is 3.70. The summed E-state index contributed by atoms with van der Waals surface area (Å²) in [4.78, 5) is 0. The molecule has 0 aliphatic rings. The van der Waals surface area contributed by atoms with E-state index in [0.717, 1.165) is 0 Å². The highest BCUT2D eigenvalue weighted by atomic mass is 35.5. The van der Waals surface area contributed by atoms with E-state index >= 15 is 0 Å². The van der Waals surface area contributed by atoms with E-state index in [2.05, 4.69) is 5.32 Å². The summed E-state index contributed by atoms with van der Waals surface area (Å²) < 4.78 is 21.4. The molecule has 0 bridgehead atoms. The Morgan fingerprint density at radius 1 is 1.50 bits per heavy atom. The van der Waals surface area contributed by atoms with Crippen molar-refractivity contribution in [3.63, 3.8) is 0 Å². The van der Waals surface area contributed by atoms with Crippen molar-refractivity contribution in [3.05, 3.63) is 28.8 Å². The number of anilines is 1. The van der Waals surface area contributed by atoms with Crippen molar-refractivity contribution in [2.75, 3.05) is 17.6 Å². The van der Waals surface area contributed by atoms with Gasteiger partial charge in [-0.05, 0) is 12.1 Å². The molecule has 1 aromatic carbocycles. The van der Waals surface area contributed by atoms with Crippen LogP contribution in [0.4, 0.5) is 5.69 Å². The van der Waals surface area contributed by atoms with Crippen LogP contribution in [0.25, 0.3) is 0 Å². The minimum atomic E-state index is -3.50. The average molecular weight is 260 g/mol. The Bertz CT molecular complexity index is 522. The first-order valence-electron chi connectivity index (χ1n) is 4.37. The second-order valence-corrected chi connectivity index (χ2v) is 5.21. The Morgan fingerprint density at radius 3 is 2.75 bits per heavy atom. The predicted octanol–water partition coefficient (Wildman–Crippen LogP) is 0.912. The molecule has 7 heteroatoms. The number of benzene rings is 1. The Hall–Kier alpha value is -1.29. The van der Waals surface area contributed by atoms with Crippen molar-refractivity contribution in [1.82, 2.24) is 0 Å². The fourth-order valence-electron chi connectivity index (χ4n) is 1.11. The molecular weight excluding hydrogens is 250 g/mol. The molecule has 0 heterocycles. The largest absolute Gasteiger partial charge is 0.383 e.